The van der Waals surface area contributed by atoms with Crippen molar-refractivity contribution in [1.82, 2.24) is 20.5 Å². The fourth-order valence-electron chi connectivity index (χ4n) is 2.08. The van der Waals surface area contributed by atoms with E-state index in [1.807, 2.05) is 17.5 Å². The minimum Gasteiger partial charge on any atom is -0.405 e. The van der Waals surface area contributed by atoms with Gasteiger partial charge in [0.05, 0.1) is 10.6 Å². The van der Waals surface area contributed by atoms with Crippen molar-refractivity contribution >= 4 is 29.0 Å². The van der Waals surface area contributed by atoms with Crippen molar-refractivity contribution in [2.75, 3.05) is 5.75 Å². The van der Waals surface area contributed by atoms with E-state index in [-0.39, 0.29) is 29.5 Å². The van der Waals surface area contributed by atoms with Crippen molar-refractivity contribution < 1.29 is 22.7 Å². The van der Waals surface area contributed by atoms with Gasteiger partial charge in [0, 0.05) is 12.1 Å². The largest absolute Gasteiger partial charge is 0.573 e. The van der Waals surface area contributed by atoms with Crippen LogP contribution in [-0.4, -0.2) is 33.2 Å². The Balaban J connectivity index is 1.51. The monoisotopic (exact) mass is 414 g/mol. The zero-order valence-electron chi connectivity index (χ0n) is 13.6. The van der Waals surface area contributed by atoms with E-state index in [9.17, 15) is 18.0 Å². The molecule has 1 amide bonds. The summed E-state index contributed by atoms with van der Waals surface area (Å²) < 4.78 is 41.2. The molecule has 0 spiro atoms. The van der Waals surface area contributed by atoms with Crippen LogP contribution in [-0.2, 0) is 11.3 Å². The van der Waals surface area contributed by atoms with Gasteiger partial charge in [-0.1, -0.05) is 36.0 Å². The number of benzene rings is 1. The lowest BCUT2D eigenvalue weighted by atomic mass is 10.2. The number of carbonyl (C=O) groups is 1. The Hall–Kier alpha value is -2.53. The van der Waals surface area contributed by atoms with E-state index in [1.54, 1.807) is 6.07 Å². The number of amides is 1. The molecule has 0 unspecified atom stereocenters. The lowest BCUT2D eigenvalue weighted by molar-refractivity contribution is -0.274. The molecule has 3 aromatic rings. The van der Waals surface area contributed by atoms with Gasteiger partial charge in [-0.3, -0.25) is 9.89 Å². The van der Waals surface area contributed by atoms with Crippen molar-refractivity contribution in [3.05, 3.63) is 47.3 Å². The first-order valence-corrected chi connectivity index (χ1v) is 9.46. The first-order valence-electron chi connectivity index (χ1n) is 7.60. The summed E-state index contributed by atoms with van der Waals surface area (Å²) in [5, 5.41) is 11.7. The highest BCUT2D eigenvalue weighted by molar-refractivity contribution is 7.99. The molecule has 2 N–H and O–H groups in total. The van der Waals surface area contributed by atoms with E-state index in [1.165, 1.54) is 29.5 Å². The average Bonchev–Trinajstić information content (AvgIpc) is 3.29. The highest BCUT2D eigenvalue weighted by Gasteiger charge is 2.31. The van der Waals surface area contributed by atoms with Crippen LogP contribution >= 0.6 is 23.1 Å². The van der Waals surface area contributed by atoms with E-state index < -0.39 is 6.36 Å². The number of halogens is 3. The average molecular weight is 414 g/mol. The predicted molar refractivity (Wildman–Crippen MR) is 95.4 cm³/mol. The lowest BCUT2D eigenvalue weighted by Crippen LogP contribution is -2.25. The quantitative estimate of drug-likeness (QED) is 0.575. The molecule has 0 saturated heterocycles. The van der Waals surface area contributed by atoms with Crippen molar-refractivity contribution in [3.8, 4) is 16.5 Å². The maximum Gasteiger partial charge on any atom is 0.573 e. The molecule has 0 aliphatic heterocycles. The summed E-state index contributed by atoms with van der Waals surface area (Å²) in [6.07, 6.45) is -4.79. The summed E-state index contributed by atoms with van der Waals surface area (Å²) in [5.41, 5.74) is 0.228. The molecule has 11 heteroatoms. The number of nitrogens with one attached hydrogen (secondary N) is 2. The van der Waals surface area contributed by atoms with Gasteiger partial charge in [-0.15, -0.1) is 29.6 Å². The van der Waals surface area contributed by atoms with Crippen LogP contribution in [0.5, 0.6) is 5.75 Å². The standard InChI is InChI=1S/C16H13F3N4O2S2/c17-16(18,19)25-11-5-2-1-4-10(11)8-20-13(24)9-27-15-21-14(22-23-15)12-6-3-7-26-12/h1-7H,8-9H2,(H,20,24)(H,21,22,23). The maximum absolute atomic E-state index is 12.4. The molecular formula is C16H13F3N4O2S2. The second-order valence-corrected chi connectivity index (χ2v) is 7.06. The van der Waals surface area contributed by atoms with Gasteiger partial charge in [-0.25, -0.2) is 4.98 Å². The van der Waals surface area contributed by atoms with Crippen LogP contribution in [0, 0.1) is 0 Å². The first kappa shape index (κ1) is 19.2. The molecule has 0 atom stereocenters. The van der Waals surface area contributed by atoms with Crippen molar-refractivity contribution in [2.45, 2.75) is 18.1 Å². The first-order chi connectivity index (χ1) is 12.9. The van der Waals surface area contributed by atoms with E-state index in [2.05, 4.69) is 25.2 Å². The fourth-order valence-corrected chi connectivity index (χ4v) is 3.38. The Morgan fingerprint density at radius 1 is 1.26 bits per heavy atom. The second-order valence-electron chi connectivity index (χ2n) is 5.16. The molecule has 0 bridgehead atoms. The van der Waals surface area contributed by atoms with Crippen LogP contribution in [0.1, 0.15) is 5.56 Å². The van der Waals surface area contributed by atoms with Crippen LogP contribution in [0.25, 0.3) is 10.7 Å². The van der Waals surface area contributed by atoms with Gasteiger partial charge >= 0.3 is 6.36 Å². The van der Waals surface area contributed by atoms with Gasteiger partial charge in [-0.2, -0.15) is 0 Å². The van der Waals surface area contributed by atoms with Gasteiger partial charge in [0.2, 0.25) is 11.1 Å². The molecule has 0 radical (unpaired) electrons. The summed E-state index contributed by atoms with van der Waals surface area (Å²) in [5.74, 6) is -0.0488. The molecular weight excluding hydrogens is 401 g/mol. The molecule has 2 aromatic heterocycles. The molecule has 6 nitrogen and oxygen atoms in total. The number of ether oxygens (including phenoxy) is 1. The number of aromatic nitrogens is 3. The third kappa shape index (κ3) is 5.73. The number of carbonyl (C=O) groups excluding carboxylic acids is 1. The Morgan fingerprint density at radius 2 is 2.07 bits per heavy atom. The van der Waals surface area contributed by atoms with Gasteiger partial charge in [-0.05, 0) is 17.5 Å². The third-order valence-electron chi connectivity index (χ3n) is 3.23. The van der Waals surface area contributed by atoms with Crippen molar-refractivity contribution in [1.29, 1.82) is 0 Å². The SMILES string of the molecule is O=C(CSc1n[nH]c(-c2cccs2)n1)NCc1ccccc1OC(F)(F)F. The normalized spacial score (nSPS) is 11.4. The number of thioether (sulfide) groups is 1. The zero-order chi connectivity index (χ0) is 19.3. The molecule has 2 heterocycles. The number of aromatic amines is 1. The number of nitrogens with zero attached hydrogens (tertiary/aromatic N) is 2. The fraction of sp³-hybridized carbons (Fsp3) is 0.188. The summed E-state index contributed by atoms with van der Waals surface area (Å²) in [7, 11) is 0. The number of thiophene rings is 1. The Kier molecular flexibility index (Phi) is 6.01. The van der Waals surface area contributed by atoms with Crippen LogP contribution in [0.4, 0.5) is 13.2 Å². The number of H-pyrrole nitrogens is 1. The lowest BCUT2D eigenvalue weighted by Gasteiger charge is -2.13. The van der Waals surface area contributed by atoms with Crippen LogP contribution in [0.2, 0.25) is 0 Å². The van der Waals surface area contributed by atoms with Crippen LogP contribution in [0.3, 0.4) is 0 Å². The summed E-state index contributed by atoms with van der Waals surface area (Å²) in [6.45, 7) is -0.0832. The molecule has 0 aliphatic rings. The van der Waals surface area contributed by atoms with E-state index in [0.29, 0.717) is 11.0 Å². The van der Waals surface area contributed by atoms with Crippen LogP contribution in [0.15, 0.2) is 46.9 Å². The van der Waals surface area contributed by atoms with E-state index in [0.717, 1.165) is 16.6 Å². The molecule has 3 rings (SSSR count). The zero-order valence-corrected chi connectivity index (χ0v) is 15.2. The number of para-hydroxylation sites is 1. The molecule has 27 heavy (non-hydrogen) atoms. The molecule has 0 saturated carbocycles. The van der Waals surface area contributed by atoms with E-state index >= 15 is 0 Å². The summed E-state index contributed by atoms with van der Waals surface area (Å²) in [4.78, 5) is 17.2. The van der Waals surface area contributed by atoms with Gasteiger partial charge in [0.1, 0.15) is 5.75 Å². The molecule has 0 aliphatic carbocycles. The van der Waals surface area contributed by atoms with Gasteiger partial charge < -0.3 is 10.1 Å². The Morgan fingerprint density at radius 3 is 2.81 bits per heavy atom. The van der Waals surface area contributed by atoms with E-state index in [4.69, 9.17) is 0 Å². The molecule has 142 valence electrons. The molecule has 0 fully saturated rings. The number of hydrogen-bond acceptors (Lipinski definition) is 6. The van der Waals surface area contributed by atoms with Gasteiger partial charge in [0.25, 0.3) is 0 Å². The number of hydrogen-bond donors (Lipinski definition) is 2. The maximum atomic E-state index is 12.4. The second kappa shape index (κ2) is 8.44. The van der Waals surface area contributed by atoms with Crippen LogP contribution < -0.4 is 10.1 Å². The number of rotatable bonds is 7. The minimum absolute atomic E-state index is 0.0318. The topological polar surface area (TPSA) is 79.9 Å². The Labute approximate surface area is 160 Å². The van der Waals surface area contributed by atoms with Crippen molar-refractivity contribution in [2.24, 2.45) is 0 Å². The highest BCUT2D eigenvalue weighted by atomic mass is 32.2. The van der Waals surface area contributed by atoms with Gasteiger partial charge in [0.15, 0.2) is 5.82 Å². The highest BCUT2D eigenvalue weighted by Crippen LogP contribution is 2.26. The smallest absolute Gasteiger partial charge is 0.405 e. The molecule has 1 aromatic carbocycles. The van der Waals surface area contributed by atoms with Crippen molar-refractivity contribution in [3.63, 3.8) is 0 Å². The third-order valence-corrected chi connectivity index (χ3v) is 4.95. The predicted octanol–water partition coefficient (Wildman–Crippen LogP) is 3.84. The Bertz CT molecular complexity index is 897. The number of alkyl halides is 3. The summed E-state index contributed by atoms with van der Waals surface area (Å²) >= 11 is 2.63. The summed E-state index contributed by atoms with van der Waals surface area (Å²) in [6, 6.07) is 9.44. The minimum atomic E-state index is -4.79.